The van der Waals surface area contributed by atoms with E-state index in [4.69, 9.17) is 15.9 Å². The monoisotopic (exact) mass is 204 g/mol. The molecule has 0 radical (unpaired) electrons. The summed E-state index contributed by atoms with van der Waals surface area (Å²) in [6, 6.07) is -1.11. The Hall–Kier alpha value is -1.14. The number of aliphatic hydroxyl groups is 2. The Morgan fingerprint density at radius 3 is 2.14 bits per heavy atom. The van der Waals surface area contributed by atoms with Crippen molar-refractivity contribution in [3.8, 4) is 0 Å². The van der Waals surface area contributed by atoms with Crippen molar-refractivity contribution in [1.29, 1.82) is 0 Å². The van der Waals surface area contributed by atoms with Crippen LogP contribution in [0.5, 0.6) is 0 Å². The van der Waals surface area contributed by atoms with E-state index in [0.29, 0.717) is 0 Å². The van der Waals surface area contributed by atoms with E-state index in [1.807, 2.05) is 0 Å². The van der Waals surface area contributed by atoms with Gasteiger partial charge in [0.05, 0.1) is 18.6 Å². The standard InChI is InChI=1S/C8H16N2O4/c1-4(11)3-6(13)10-7(5(2)12)8(9)14/h4-5,7,11-12H,3H2,1-2H3,(H2,9,14)(H,10,13)/t4-,5-,7+/m1/s1. The van der Waals surface area contributed by atoms with E-state index in [0.717, 1.165) is 0 Å². The van der Waals surface area contributed by atoms with Crippen molar-refractivity contribution in [2.45, 2.75) is 38.5 Å². The molecule has 0 aliphatic heterocycles. The van der Waals surface area contributed by atoms with Crippen LogP contribution in [0.4, 0.5) is 0 Å². The lowest BCUT2D eigenvalue weighted by molar-refractivity contribution is -0.130. The summed E-state index contributed by atoms with van der Waals surface area (Å²) in [4.78, 5) is 21.8. The zero-order chi connectivity index (χ0) is 11.3. The molecule has 3 atom stereocenters. The molecule has 0 unspecified atom stereocenters. The molecule has 0 aliphatic carbocycles. The number of aliphatic hydroxyl groups excluding tert-OH is 2. The number of amides is 2. The first kappa shape index (κ1) is 12.9. The fourth-order valence-electron chi connectivity index (χ4n) is 0.930. The average molecular weight is 204 g/mol. The minimum absolute atomic E-state index is 0.128. The molecule has 0 saturated heterocycles. The number of primary amides is 1. The highest BCUT2D eigenvalue weighted by Gasteiger charge is 2.23. The van der Waals surface area contributed by atoms with E-state index in [-0.39, 0.29) is 6.42 Å². The van der Waals surface area contributed by atoms with Gasteiger partial charge in [-0.1, -0.05) is 0 Å². The lowest BCUT2D eigenvalue weighted by atomic mass is 10.1. The van der Waals surface area contributed by atoms with Crippen molar-refractivity contribution in [2.24, 2.45) is 5.73 Å². The molecule has 0 saturated carbocycles. The fourth-order valence-corrected chi connectivity index (χ4v) is 0.930. The van der Waals surface area contributed by atoms with Crippen LogP contribution >= 0.6 is 0 Å². The van der Waals surface area contributed by atoms with E-state index in [9.17, 15) is 9.59 Å². The maximum atomic E-state index is 11.1. The average Bonchev–Trinajstić information content (AvgIpc) is 1.97. The molecule has 2 amide bonds. The van der Waals surface area contributed by atoms with Crippen molar-refractivity contribution >= 4 is 11.8 Å². The second-order valence-corrected chi connectivity index (χ2v) is 3.24. The summed E-state index contributed by atoms with van der Waals surface area (Å²) in [6.07, 6.45) is -1.97. The highest BCUT2D eigenvalue weighted by molar-refractivity contribution is 5.87. The van der Waals surface area contributed by atoms with Gasteiger partial charge in [-0.25, -0.2) is 0 Å². The molecule has 0 heterocycles. The molecule has 6 nitrogen and oxygen atoms in total. The summed E-state index contributed by atoms with van der Waals surface area (Å²) in [5.74, 6) is -1.33. The number of carbonyl (C=O) groups excluding carboxylic acids is 2. The molecule has 5 N–H and O–H groups in total. The van der Waals surface area contributed by atoms with Gasteiger partial charge >= 0.3 is 0 Å². The third-order valence-corrected chi connectivity index (χ3v) is 1.59. The van der Waals surface area contributed by atoms with Crippen LogP contribution in [-0.2, 0) is 9.59 Å². The second-order valence-electron chi connectivity index (χ2n) is 3.24. The van der Waals surface area contributed by atoms with Crippen molar-refractivity contribution < 1.29 is 19.8 Å². The Balaban J connectivity index is 4.17. The van der Waals surface area contributed by atoms with Crippen LogP contribution in [0, 0.1) is 0 Å². The lowest BCUT2D eigenvalue weighted by Crippen LogP contribution is -2.51. The maximum absolute atomic E-state index is 11.1. The summed E-state index contributed by atoms with van der Waals surface area (Å²) >= 11 is 0. The van der Waals surface area contributed by atoms with Crippen molar-refractivity contribution in [3.63, 3.8) is 0 Å². The molecule has 0 rings (SSSR count). The molecular formula is C8H16N2O4. The Kier molecular flexibility index (Phi) is 5.11. The van der Waals surface area contributed by atoms with Crippen LogP contribution in [0.1, 0.15) is 20.3 Å². The SMILES string of the molecule is C[C@@H](O)CC(=O)N[C@H](C(N)=O)[C@@H](C)O. The van der Waals surface area contributed by atoms with Gasteiger partial charge in [-0.05, 0) is 13.8 Å². The number of carbonyl (C=O) groups is 2. The maximum Gasteiger partial charge on any atom is 0.242 e. The number of rotatable bonds is 5. The van der Waals surface area contributed by atoms with Crippen LogP contribution in [0.25, 0.3) is 0 Å². The summed E-state index contributed by atoms with van der Waals surface area (Å²) in [5, 5.41) is 20.2. The minimum atomic E-state index is -1.11. The van der Waals surface area contributed by atoms with Crippen LogP contribution < -0.4 is 11.1 Å². The molecule has 14 heavy (non-hydrogen) atoms. The van der Waals surface area contributed by atoms with E-state index >= 15 is 0 Å². The van der Waals surface area contributed by atoms with Crippen LogP contribution in [0.2, 0.25) is 0 Å². The van der Waals surface area contributed by atoms with Crippen LogP contribution in [-0.4, -0.2) is 40.3 Å². The first-order chi connectivity index (χ1) is 6.34. The zero-order valence-electron chi connectivity index (χ0n) is 8.23. The van der Waals surface area contributed by atoms with Gasteiger partial charge in [0.25, 0.3) is 0 Å². The number of hydrogen-bond acceptors (Lipinski definition) is 4. The largest absolute Gasteiger partial charge is 0.393 e. The zero-order valence-corrected chi connectivity index (χ0v) is 8.23. The molecule has 0 fully saturated rings. The first-order valence-electron chi connectivity index (χ1n) is 4.29. The fraction of sp³-hybridized carbons (Fsp3) is 0.750. The third-order valence-electron chi connectivity index (χ3n) is 1.59. The lowest BCUT2D eigenvalue weighted by Gasteiger charge is -2.18. The topological polar surface area (TPSA) is 113 Å². The Labute approximate surface area is 82.1 Å². The van der Waals surface area contributed by atoms with Gasteiger partial charge in [-0.3, -0.25) is 9.59 Å². The van der Waals surface area contributed by atoms with Gasteiger partial charge in [0, 0.05) is 0 Å². The molecule has 0 aliphatic rings. The summed E-state index contributed by atoms with van der Waals surface area (Å²) in [7, 11) is 0. The van der Waals surface area contributed by atoms with Gasteiger partial charge < -0.3 is 21.3 Å². The van der Waals surface area contributed by atoms with E-state index in [1.165, 1.54) is 13.8 Å². The normalized spacial score (nSPS) is 16.9. The molecule has 6 heteroatoms. The predicted octanol–water partition coefficient (Wildman–Crippen LogP) is -1.89. The van der Waals surface area contributed by atoms with Crippen LogP contribution in [0.3, 0.4) is 0 Å². The van der Waals surface area contributed by atoms with E-state index in [2.05, 4.69) is 5.32 Å². The quantitative estimate of drug-likeness (QED) is 0.419. The van der Waals surface area contributed by atoms with Crippen molar-refractivity contribution in [3.05, 3.63) is 0 Å². The molecule has 0 aromatic carbocycles. The summed E-state index contributed by atoms with van der Waals surface area (Å²) in [6.45, 7) is 2.79. The molecular weight excluding hydrogens is 188 g/mol. The minimum Gasteiger partial charge on any atom is -0.393 e. The number of nitrogens with two attached hydrogens (primary N) is 1. The van der Waals surface area contributed by atoms with Crippen molar-refractivity contribution in [2.75, 3.05) is 0 Å². The van der Waals surface area contributed by atoms with Gasteiger partial charge in [0.1, 0.15) is 6.04 Å². The van der Waals surface area contributed by atoms with Gasteiger partial charge in [0.2, 0.25) is 11.8 Å². The van der Waals surface area contributed by atoms with E-state index in [1.54, 1.807) is 0 Å². The predicted molar refractivity (Wildman–Crippen MR) is 49.1 cm³/mol. The molecule has 0 aromatic rings. The van der Waals surface area contributed by atoms with Gasteiger partial charge in [0.15, 0.2) is 0 Å². The Bertz CT molecular complexity index is 215. The summed E-state index contributed by atoms with van der Waals surface area (Å²) in [5.41, 5.74) is 4.94. The Morgan fingerprint density at radius 2 is 1.86 bits per heavy atom. The van der Waals surface area contributed by atoms with Gasteiger partial charge in [-0.2, -0.15) is 0 Å². The molecule has 0 spiro atoms. The second kappa shape index (κ2) is 5.56. The first-order valence-corrected chi connectivity index (χ1v) is 4.29. The smallest absolute Gasteiger partial charge is 0.242 e. The molecule has 0 bridgehead atoms. The molecule has 82 valence electrons. The number of hydrogen-bond donors (Lipinski definition) is 4. The van der Waals surface area contributed by atoms with Crippen molar-refractivity contribution in [1.82, 2.24) is 5.32 Å². The Morgan fingerprint density at radius 1 is 1.36 bits per heavy atom. The highest BCUT2D eigenvalue weighted by atomic mass is 16.3. The van der Waals surface area contributed by atoms with E-state index < -0.39 is 30.1 Å². The highest BCUT2D eigenvalue weighted by Crippen LogP contribution is 1.95. The third kappa shape index (κ3) is 4.78. The molecule has 0 aromatic heterocycles. The van der Waals surface area contributed by atoms with Gasteiger partial charge in [-0.15, -0.1) is 0 Å². The summed E-state index contributed by atoms with van der Waals surface area (Å²) < 4.78 is 0. The van der Waals surface area contributed by atoms with Crippen LogP contribution in [0.15, 0.2) is 0 Å². The number of nitrogens with one attached hydrogen (secondary N) is 1.